The zero-order valence-corrected chi connectivity index (χ0v) is 19.3. The van der Waals surface area contributed by atoms with E-state index < -0.39 is 0 Å². The average molecular weight is 457 g/mol. The summed E-state index contributed by atoms with van der Waals surface area (Å²) in [6.07, 6.45) is 0.906. The van der Waals surface area contributed by atoms with Crippen molar-refractivity contribution in [2.45, 2.75) is 20.3 Å². The predicted octanol–water partition coefficient (Wildman–Crippen LogP) is 4.04. The lowest BCUT2D eigenvalue weighted by Crippen LogP contribution is -2.38. The van der Waals surface area contributed by atoms with Gasteiger partial charge in [-0.2, -0.15) is 0 Å². The molecule has 1 aliphatic heterocycles. The maximum Gasteiger partial charge on any atom is 0.251 e. The van der Waals surface area contributed by atoms with Crippen molar-refractivity contribution in [2.24, 2.45) is 0 Å². The molecule has 4 rings (SSSR count). The number of carbonyl (C=O) groups excluding carboxylic acids is 1. The van der Waals surface area contributed by atoms with Crippen LogP contribution in [0.3, 0.4) is 0 Å². The lowest BCUT2D eigenvalue weighted by molar-refractivity contribution is 0.0374. The van der Waals surface area contributed by atoms with E-state index in [1.807, 2.05) is 32.0 Å². The molecule has 3 aromatic rings. The van der Waals surface area contributed by atoms with Gasteiger partial charge in [-0.25, -0.2) is 4.98 Å². The Hall–Kier alpha value is -2.61. The fourth-order valence-corrected chi connectivity index (χ4v) is 3.99. The van der Waals surface area contributed by atoms with Gasteiger partial charge in [0.1, 0.15) is 11.6 Å². The molecule has 1 saturated heterocycles. The van der Waals surface area contributed by atoms with Gasteiger partial charge in [0.15, 0.2) is 0 Å². The minimum atomic E-state index is -0.105. The number of H-pyrrole nitrogens is 1. The van der Waals surface area contributed by atoms with Crippen molar-refractivity contribution in [2.75, 3.05) is 46.0 Å². The summed E-state index contributed by atoms with van der Waals surface area (Å²) in [5.74, 6) is 1.20. The second-order valence-corrected chi connectivity index (χ2v) is 8.32. The van der Waals surface area contributed by atoms with E-state index in [1.165, 1.54) is 0 Å². The second-order valence-electron chi connectivity index (χ2n) is 7.91. The van der Waals surface area contributed by atoms with Gasteiger partial charge in [-0.15, -0.1) is 0 Å². The number of fused-ring (bicyclic) bond motifs is 1. The number of imidazole rings is 1. The van der Waals surface area contributed by atoms with Gasteiger partial charge < -0.3 is 19.8 Å². The van der Waals surface area contributed by atoms with Crippen LogP contribution in [0.15, 0.2) is 30.3 Å². The van der Waals surface area contributed by atoms with Crippen LogP contribution in [-0.4, -0.2) is 66.8 Å². The van der Waals surface area contributed by atoms with E-state index in [4.69, 9.17) is 21.1 Å². The third-order valence-corrected chi connectivity index (χ3v) is 6.01. The molecule has 170 valence electrons. The topological polar surface area (TPSA) is 79.5 Å². The van der Waals surface area contributed by atoms with Crippen molar-refractivity contribution in [3.63, 3.8) is 0 Å². The van der Waals surface area contributed by atoms with Gasteiger partial charge in [-0.05, 0) is 62.7 Å². The second kappa shape index (κ2) is 10.3. The smallest absolute Gasteiger partial charge is 0.251 e. The van der Waals surface area contributed by atoms with Gasteiger partial charge in [-0.1, -0.05) is 11.6 Å². The zero-order valence-electron chi connectivity index (χ0n) is 18.5. The first-order valence-electron chi connectivity index (χ1n) is 11.1. The minimum absolute atomic E-state index is 0.105. The molecule has 1 aromatic heterocycles. The number of benzene rings is 2. The summed E-state index contributed by atoms with van der Waals surface area (Å²) in [5.41, 5.74) is 4.06. The molecule has 2 heterocycles. The number of hydrogen-bond acceptors (Lipinski definition) is 5. The maximum atomic E-state index is 12.7. The van der Waals surface area contributed by atoms with E-state index in [1.54, 1.807) is 12.1 Å². The molecule has 8 heteroatoms. The zero-order chi connectivity index (χ0) is 22.5. The van der Waals surface area contributed by atoms with E-state index in [-0.39, 0.29) is 5.91 Å². The molecule has 1 fully saturated rings. The number of amides is 1. The Kier molecular flexibility index (Phi) is 7.29. The van der Waals surface area contributed by atoms with Crippen molar-refractivity contribution in [1.29, 1.82) is 0 Å². The normalized spacial score (nSPS) is 14.6. The van der Waals surface area contributed by atoms with Crippen LogP contribution in [0.4, 0.5) is 0 Å². The molecule has 1 amide bonds. The van der Waals surface area contributed by atoms with Gasteiger partial charge in [-0.3, -0.25) is 9.69 Å². The number of rotatable bonds is 8. The van der Waals surface area contributed by atoms with Gasteiger partial charge in [0.25, 0.3) is 5.91 Å². The van der Waals surface area contributed by atoms with Crippen LogP contribution < -0.4 is 10.1 Å². The summed E-state index contributed by atoms with van der Waals surface area (Å²) in [5, 5.41) is 3.69. The molecule has 0 aliphatic carbocycles. The van der Waals surface area contributed by atoms with Gasteiger partial charge in [0, 0.05) is 30.2 Å². The largest absolute Gasteiger partial charge is 0.493 e. The molecule has 0 unspecified atom stereocenters. The fraction of sp³-hybridized carbons (Fsp3) is 0.417. The molecule has 7 nitrogen and oxygen atoms in total. The molecule has 1 aliphatic rings. The molecule has 0 radical (unpaired) electrons. The van der Waals surface area contributed by atoms with Crippen molar-refractivity contribution >= 4 is 28.5 Å². The van der Waals surface area contributed by atoms with Crippen LogP contribution in [0.1, 0.15) is 29.3 Å². The molecule has 0 bridgehead atoms. The number of hydrogen-bond donors (Lipinski definition) is 2. The fourth-order valence-electron chi connectivity index (χ4n) is 3.83. The molecule has 0 spiro atoms. The van der Waals surface area contributed by atoms with E-state index in [9.17, 15) is 4.79 Å². The number of aryl methyl sites for hydroxylation is 1. The Bertz CT molecular complexity index is 1050. The number of ether oxygens (including phenoxy) is 2. The van der Waals surface area contributed by atoms with E-state index >= 15 is 0 Å². The van der Waals surface area contributed by atoms with Crippen molar-refractivity contribution < 1.29 is 14.3 Å². The Morgan fingerprint density at radius 3 is 2.88 bits per heavy atom. The van der Waals surface area contributed by atoms with Crippen LogP contribution >= 0.6 is 11.6 Å². The Labute approximate surface area is 193 Å². The lowest BCUT2D eigenvalue weighted by Gasteiger charge is -2.26. The van der Waals surface area contributed by atoms with E-state index in [0.29, 0.717) is 35.3 Å². The third kappa shape index (κ3) is 5.23. The highest BCUT2D eigenvalue weighted by molar-refractivity contribution is 6.32. The number of carbonyl (C=O) groups is 1. The molecule has 0 saturated carbocycles. The van der Waals surface area contributed by atoms with Crippen LogP contribution in [0.5, 0.6) is 5.75 Å². The summed E-state index contributed by atoms with van der Waals surface area (Å²) < 4.78 is 11.2. The van der Waals surface area contributed by atoms with Crippen LogP contribution in [0.2, 0.25) is 5.02 Å². The molecular weight excluding hydrogens is 428 g/mol. The molecule has 32 heavy (non-hydrogen) atoms. The highest BCUT2D eigenvalue weighted by Gasteiger charge is 2.16. The van der Waals surface area contributed by atoms with Crippen LogP contribution in [-0.2, 0) is 4.74 Å². The Balaban J connectivity index is 1.45. The van der Waals surface area contributed by atoms with Gasteiger partial charge in [0.05, 0.1) is 36.4 Å². The SMILES string of the molecule is CCOc1cc(C(=O)NCCCN2CCOCC2)ccc1-c1nc2cc(Cl)c(C)cc2[nH]1. The van der Waals surface area contributed by atoms with Crippen molar-refractivity contribution in [1.82, 2.24) is 20.2 Å². The number of nitrogens with one attached hydrogen (secondary N) is 2. The highest BCUT2D eigenvalue weighted by atomic mass is 35.5. The molecular formula is C24H29ClN4O3. The monoisotopic (exact) mass is 456 g/mol. The van der Waals surface area contributed by atoms with E-state index in [0.717, 1.165) is 61.4 Å². The molecule has 0 atom stereocenters. The van der Waals surface area contributed by atoms with Crippen LogP contribution in [0, 0.1) is 6.92 Å². The maximum absolute atomic E-state index is 12.7. The predicted molar refractivity (Wildman–Crippen MR) is 127 cm³/mol. The minimum Gasteiger partial charge on any atom is -0.493 e. The Morgan fingerprint density at radius 2 is 2.09 bits per heavy atom. The lowest BCUT2D eigenvalue weighted by atomic mass is 10.1. The number of aromatic nitrogens is 2. The summed E-state index contributed by atoms with van der Waals surface area (Å²) in [7, 11) is 0. The first-order chi connectivity index (χ1) is 15.5. The number of nitrogens with zero attached hydrogens (tertiary/aromatic N) is 2. The first kappa shape index (κ1) is 22.6. The van der Waals surface area contributed by atoms with Crippen LogP contribution in [0.25, 0.3) is 22.4 Å². The van der Waals surface area contributed by atoms with Crippen molar-refractivity contribution in [3.8, 4) is 17.1 Å². The van der Waals surface area contributed by atoms with Gasteiger partial charge in [0.2, 0.25) is 0 Å². The summed E-state index contributed by atoms with van der Waals surface area (Å²) in [6, 6.07) is 9.29. The van der Waals surface area contributed by atoms with Crippen molar-refractivity contribution in [3.05, 3.63) is 46.5 Å². The third-order valence-electron chi connectivity index (χ3n) is 5.60. The number of aromatic amines is 1. The number of halogens is 1. The van der Waals surface area contributed by atoms with E-state index in [2.05, 4.69) is 20.2 Å². The summed E-state index contributed by atoms with van der Waals surface area (Å²) in [4.78, 5) is 23.0. The molecule has 2 N–H and O–H groups in total. The van der Waals surface area contributed by atoms with Gasteiger partial charge >= 0.3 is 0 Å². The Morgan fingerprint density at radius 1 is 1.28 bits per heavy atom. The molecule has 2 aromatic carbocycles. The summed E-state index contributed by atoms with van der Waals surface area (Å²) in [6.45, 7) is 9.46. The summed E-state index contributed by atoms with van der Waals surface area (Å²) >= 11 is 6.24. The first-order valence-corrected chi connectivity index (χ1v) is 11.4. The average Bonchev–Trinajstić information content (AvgIpc) is 3.20. The quantitative estimate of drug-likeness (QED) is 0.500. The number of morpholine rings is 1. The standard InChI is InChI=1S/C24H29ClN4O3/c1-3-32-22-14-17(24(30)26-7-4-8-29-9-11-31-12-10-29)5-6-18(22)23-27-20-13-16(2)19(25)15-21(20)28-23/h5-6,13-15H,3-4,7-12H2,1-2H3,(H,26,30)(H,27,28). The highest BCUT2D eigenvalue weighted by Crippen LogP contribution is 2.32.